The first-order valence-corrected chi connectivity index (χ1v) is 7.45. The van der Waals surface area contributed by atoms with Crippen LogP contribution in [0.2, 0.25) is 0 Å². The molecule has 2 rings (SSSR count). The first kappa shape index (κ1) is 14.1. The molecule has 3 heteroatoms. The molecule has 0 aliphatic rings. The second-order valence-electron chi connectivity index (χ2n) is 5.26. The van der Waals surface area contributed by atoms with Gasteiger partial charge in [-0.2, -0.15) is 0 Å². The second kappa shape index (κ2) is 7.29. The minimum absolute atomic E-state index is 0.974. The number of hydrogen-bond donors (Lipinski definition) is 2. The Hall–Kier alpha value is -1.35. The lowest BCUT2D eigenvalue weighted by molar-refractivity contribution is 0.595. The summed E-state index contributed by atoms with van der Waals surface area (Å²) in [5.74, 6) is 1.08. The summed E-state index contributed by atoms with van der Waals surface area (Å²) in [6.45, 7) is 6.48. The van der Waals surface area contributed by atoms with Crippen LogP contribution in [0.4, 0.5) is 0 Å². The molecule has 104 valence electrons. The zero-order valence-corrected chi connectivity index (χ0v) is 12.1. The van der Waals surface area contributed by atoms with Crippen molar-refractivity contribution in [3.8, 4) is 0 Å². The number of rotatable bonds is 8. The lowest BCUT2D eigenvalue weighted by Crippen LogP contribution is -2.18. The summed E-state index contributed by atoms with van der Waals surface area (Å²) in [6, 6.07) is 6.35. The molecule has 0 amide bonds. The molecule has 0 saturated carbocycles. The van der Waals surface area contributed by atoms with Crippen LogP contribution in [0.3, 0.4) is 0 Å². The van der Waals surface area contributed by atoms with Gasteiger partial charge in [-0.3, -0.25) is 0 Å². The lowest BCUT2D eigenvalue weighted by atomic mass is 10.2. The predicted octanol–water partition coefficient (Wildman–Crippen LogP) is 3.58. The smallest absolute Gasteiger partial charge is 0.108 e. The number of fused-ring (bicyclic) bond motifs is 1. The Morgan fingerprint density at radius 2 is 2.05 bits per heavy atom. The highest BCUT2D eigenvalue weighted by Gasteiger charge is 2.02. The third kappa shape index (κ3) is 4.35. The van der Waals surface area contributed by atoms with Crippen molar-refractivity contribution in [2.45, 2.75) is 46.0 Å². The van der Waals surface area contributed by atoms with Crippen molar-refractivity contribution in [2.75, 3.05) is 13.1 Å². The van der Waals surface area contributed by atoms with Gasteiger partial charge in [0.2, 0.25) is 0 Å². The summed E-state index contributed by atoms with van der Waals surface area (Å²) in [6.07, 6.45) is 6.26. The molecule has 0 aliphatic heterocycles. The summed E-state index contributed by atoms with van der Waals surface area (Å²) in [4.78, 5) is 8.00. The van der Waals surface area contributed by atoms with Crippen molar-refractivity contribution < 1.29 is 0 Å². The van der Waals surface area contributed by atoms with Crippen molar-refractivity contribution in [3.63, 3.8) is 0 Å². The molecule has 19 heavy (non-hydrogen) atoms. The van der Waals surface area contributed by atoms with Gasteiger partial charge in [-0.05, 0) is 37.6 Å². The van der Waals surface area contributed by atoms with E-state index in [1.54, 1.807) is 0 Å². The van der Waals surface area contributed by atoms with Crippen LogP contribution >= 0.6 is 0 Å². The normalized spacial score (nSPS) is 11.3. The van der Waals surface area contributed by atoms with Crippen molar-refractivity contribution in [1.29, 1.82) is 0 Å². The standard InChI is InChI=1S/C16H25N3/c1-3-4-5-6-10-17-11-9-16-18-14-8-7-13(2)12-15(14)19-16/h7-8,12,17H,3-6,9-11H2,1-2H3,(H,18,19). The molecule has 0 saturated heterocycles. The molecule has 0 atom stereocenters. The van der Waals surface area contributed by atoms with Crippen molar-refractivity contribution in [3.05, 3.63) is 29.6 Å². The highest BCUT2D eigenvalue weighted by atomic mass is 14.9. The molecule has 0 radical (unpaired) electrons. The maximum absolute atomic E-state index is 4.61. The molecule has 3 nitrogen and oxygen atoms in total. The summed E-state index contributed by atoms with van der Waals surface area (Å²) >= 11 is 0. The Labute approximate surface area is 115 Å². The zero-order valence-electron chi connectivity index (χ0n) is 12.1. The van der Waals surface area contributed by atoms with Crippen LogP contribution in [0.5, 0.6) is 0 Å². The molecule has 0 spiro atoms. The number of imidazole rings is 1. The number of hydrogen-bond acceptors (Lipinski definition) is 2. The van der Waals surface area contributed by atoms with Crippen LogP contribution in [0.25, 0.3) is 11.0 Å². The van der Waals surface area contributed by atoms with Crippen LogP contribution in [-0.4, -0.2) is 23.1 Å². The van der Waals surface area contributed by atoms with Gasteiger partial charge in [-0.1, -0.05) is 32.3 Å². The molecule has 1 heterocycles. The van der Waals surface area contributed by atoms with Gasteiger partial charge in [0.15, 0.2) is 0 Å². The fourth-order valence-electron chi connectivity index (χ4n) is 2.30. The topological polar surface area (TPSA) is 40.7 Å². The van der Waals surface area contributed by atoms with E-state index in [4.69, 9.17) is 0 Å². The minimum atomic E-state index is 0.974. The molecular formula is C16H25N3. The van der Waals surface area contributed by atoms with E-state index in [1.165, 1.54) is 31.2 Å². The van der Waals surface area contributed by atoms with E-state index in [2.05, 4.69) is 47.3 Å². The zero-order chi connectivity index (χ0) is 13.5. The fourth-order valence-corrected chi connectivity index (χ4v) is 2.30. The Bertz CT molecular complexity index is 502. The molecule has 1 aromatic carbocycles. The van der Waals surface area contributed by atoms with Crippen LogP contribution < -0.4 is 5.32 Å². The monoisotopic (exact) mass is 259 g/mol. The molecule has 0 bridgehead atoms. The van der Waals surface area contributed by atoms with Crippen LogP contribution in [-0.2, 0) is 6.42 Å². The van der Waals surface area contributed by atoms with Gasteiger partial charge in [-0.15, -0.1) is 0 Å². The highest BCUT2D eigenvalue weighted by Crippen LogP contribution is 2.13. The largest absolute Gasteiger partial charge is 0.342 e. The summed E-state index contributed by atoms with van der Waals surface area (Å²) in [5.41, 5.74) is 3.50. The SMILES string of the molecule is CCCCCCNCCc1nc2ccc(C)cc2[nH]1. The van der Waals surface area contributed by atoms with Gasteiger partial charge in [-0.25, -0.2) is 4.98 Å². The lowest BCUT2D eigenvalue weighted by Gasteiger charge is -2.02. The first-order chi connectivity index (χ1) is 9.29. The van der Waals surface area contributed by atoms with Gasteiger partial charge >= 0.3 is 0 Å². The molecule has 0 aliphatic carbocycles. The van der Waals surface area contributed by atoms with Crippen LogP contribution in [0, 0.1) is 6.92 Å². The fraction of sp³-hybridized carbons (Fsp3) is 0.562. The molecule has 0 unspecified atom stereocenters. The number of nitrogens with zero attached hydrogens (tertiary/aromatic N) is 1. The molecule has 2 aromatic rings. The van der Waals surface area contributed by atoms with Crippen LogP contribution in [0.1, 0.15) is 44.0 Å². The number of H-pyrrole nitrogens is 1. The number of nitrogens with one attached hydrogen (secondary N) is 2. The number of unbranched alkanes of at least 4 members (excludes halogenated alkanes) is 3. The number of aromatic amines is 1. The van der Waals surface area contributed by atoms with Gasteiger partial charge in [0.1, 0.15) is 5.82 Å². The average molecular weight is 259 g/mol. The van der Waals surface area contributed by atoms with E-state index in [0.29, 0.717) is 0 Å². The molecule has 1 aromatic heterocycles. The predicted molar refractivity (Wildman–Crippen MR) is 81.5 cm³/mol. The van der Waals surface area contributed by atoms with E-state index >= 15 is 0 Å². The number of aromatic nitrogens is 2. The minimum Gasteiger partial charge on any atom is -0.342 e. The Morgan fingerprint density at radius 3 is 2.89 bits per heavy atom. The van der Waals surface area contributed by atoms with Crippen molar-refractivity contribution in [2.24, 2.45) is 0 Å². The Balaban J connectivity index is 1.72. The summed E-state index contributed by atoms with van der Waals surface area (Å²) in [7, 11) is 0. The van der Waals surface area contributed by atoms with E-state index in [-0.39, 0.29) is 0 Å². The Morgan fingerprint density at radius 1 is 1.16 bits per heavy atom. The molecule has 2 N–H and O–H groups in total. The summed E-state index contributed by atoms with van der Waals surface area (Å²) in [5, 5.41) is 3.49. The quantitative estimate of drug-likeness (QED) is 0.711. The Kier molecular flexibility index (Phi) is 5.40. The maximum Gasteiger partial charge on any atom is 0.108 e. The number of benzene rings is 1. The third-order valence-corrected chi connectivity index (χ3v) is 3.43. The summed E-state index contributed by atoms with van der Waals surface area (Å²) < 4.78 is 0. The van der Waals surface area contributed by atoms with E-state index in [9.17, 15) is 0 Å². The average Bonchev–Trinajstić information content (AvgIpc) is 2.79. The number of aryl methyl sites for hydroxylation is 1. The van der Waals surface area contributed by atoms with Gasteiger partial charge in [0.25, 0.3) is 0 Å². The molecule has 0 fully saturated rings. The van der Waals surface area contributed by atoms with E-state index in [1.807, 2.05) is 0 Å². The second-order valence-corrected chi connectivity index (χ2v) is 5.26. The van der Waals surface area contributed by atoms with E-state index in [0.717, 1.165) is 36.4 Å². The van der Waals surface area contributed by atoms with Gasteiger partial charge < -0.3 is 10.3 Å². The van der Waals surface area contributed by atoms with E-state index < -0.39 is 0 Å². The highest BCUT2D eigenvalue weighted by molar-refractivity contribution is 5.75. The van der Waals surface area contributed by atoms with Gasteiger partial charge in [0, 0.05) is 13.0 Å². The van der Waals surface area contributed by atoms with Gasteiger partial charge in [0.05, 0.1) is 11.0 Å². The third-order valence-electron chi connectivity index (χ3n) is 3.43. The maximum atomic E-state index is 4.61. The van der Waals surface area contributed by atoms with Crippen molar-refractivity contribution >= 4 is 11.0 Å². The van der Waals surface area contributed by atoms with Crippen LogP contribution in [0.15, 0.2) is 18.2 Å². The molecular weight excluding hydrogens is 234 g/mol. The van der Waals surface area contributed by atoms with Crippen molar-refractivity contribution in [1.82, 2.24) is 15.3 Å². The first-order valence-electron chi connectivity index (χ1n) is 7.45.